The van der Waals surface area contributed by atoms with Crippen LogP contribution in [0.3, 0.4) is 0 Å². The second-order valence-corrected chi connectivity index (χ2v) is 7.73. The molecule has 2 aromatic heterocycles. The van der Waals surface area contributed by atoms with Gasteiger partial charge in [0.05, 0.1) is 16.0 Å². The van der Waals surface area contributed by atoms with Crippen LogP contribution < -0.4 is 10.6 Å². The fraction of sp³-hybridized carbons (Fsp3) is 0.143. The molecular weight excluding hydrogens is 400 g/mol. The lowest BCUT2D eigenvalue weighted by Gasteiger charge is -2.10. The summed E-state index contributed by atoms with van der Waals surface area (Å²) >= 11 is 1.55. The van der Waals surface area contributed by atoms with E-state index in [0.29, 0.717) is 18.1 Å². The van der Waals surface area contributed by atoms with E-state index in [-0.39, 0.29) is 11.5 Å². The number of rotatable bonds is 8. The maximum atomic E-state index is 11.4. The quantitative estimate of drug-likeness (QED) is 0.157. The summed E-state index contributed by atoms with van der Waals surface area (Å²) in [6.07, 6.45) is 0. The molecule has 30 heavy (non-hydrogen) atoms. The van der Waals surface area contributed by atoms with Crippen LogP contribution in [0, 0.1) is 17.0 Å². The topological polar surface area (TPSA) is 109 Å². The number of fused-ring (bicyclic) bond motifs is 1. The van der Waals surface area contributed by atoms with Crippen molar-refractivity contribution < 1.29 is 4.92 Å². The van der Waals surface area contributed by atoms with E-state index in [1.54, 1.807) is 17.8 Å². The lowest BCUT2D eigenvalue weighted by Crippen LogP contribution is -2.09. The molecule has 3 N–H and O–H groups in total. The molecule has 0 aliphatic carbocycles. The number of nitrogens with one attached hydrogen (secondary N) is 3. The Kier molecular flexibility index (Phi) is 5.80. The number of H-pyrrole nitrogens is 1. The molecule has 2 aromatic carbocycles. The summed E-state index contributed by atoms with van der Waals surface area (Å²) in [7, 11) is 0. The third kappa shape index (κ3) is 4.69. The molecule has 2 heterocycles. The molecule has 0 fully saturated rings. The molecule has 0 radical (unpaired) electrons. The van der Waals surface area contributed by atoms with E-state index in [4.69, 9.17) is 0 Å². The molecule has 4 rings (SSSR count). The molecule has 8 nitrogen and oxygen atoms in total. The molecule has 0 saturated heterocycles. The van der Waals surface area contributed by atoms with Gasteiger partial charge in [0.1, 0.15) is 5.82 Å². The van der Waals surface area contributed by atoms with Gasteiger partial charge in [0, 0.05) is 24.1 Å². The van der Waals surface area contributed by atoms with Crippen molar-refractivity contribution in [3.05, 3.63) is 76.3 Å². The Bertz CT molecular complexity index is 1140. The molecule has 0 aliphatic heterocycles. The third-order valence-electron chi connectivity index (χ3n) is 4.40. The number of nitro groups is 1. The number of aromatic nitrogens is 3. The van der Waals surface area contributed by atoms with Gasteiger partial charge in [0.25, 0.3) is 0 Å². The van der Waals surface area contributed by atoms with Crippen molar-refractivity contribution in [2.75, 3.05) is 22.9 Å². The van der Waals surface area contributed by atoms with Gasteiger partial charge in [0.2, 0.25) is 5.82 Å². The lowest BCUT2D eigenvalue weighted by molar-refractivity contribution is -0.384. The first-order valence-corrected chi connectivity index (χ1v) is 10.4. The van der Waals surface area contributed by atoms with Crippen LogP contribution in [-0.2, 0) is 0 Å². The van der Waals surface area contributed by atoms with E-state index in [1.165, 1.54) is 6.07 Å². The average molecular weight is 420 g/mol. The molecule has 9 heteroatoms. The lowest BCUT2D eigenvalue weighted by atomic mass is 10.2. The molecule has 0 amide bonds. The predicted octanol–water partition coefficient (Wildman–Crippen LogP) is 5.12. The van der Waals surface area contributed by atoms with E-state index < -0.39 is 4.92 Å². The van der Waals surface area contributed by atoms with Gasteiger partial charge in [-0.05, 0) is 37.3 Å². The predicted molar refractivity (Wildman–Crippen MR) is 121 cm³/mol. The molecule has 0 unspecified atom stereocenters. The van der Waals surface area contributed by atoms with Crippen molar-refractivity contribution >= 4 is 45.8 Å². The SMILES string of the molecule is Cc1ccc(Nc2ccc([N+](=O)[O-])c(NCCSc3nc4ccccc4[nH]3)n2)cc1. The average Bonchev–Trinajstić information content (AvgIpc) is 3.16. The first-order valence-electron chi connectivity index (χ1n) is 9.39. The fourth-order valence-corrected chi connectivity index (χ4v) is 3.64. The number of para-hydroxylation sites is 2. The zero-order valence-corrected chi connectivity index (χ0v) is 17.1. The van der Waals surface area contributed by atoms with E-state index >= 15 is 0 Å². The number of aromatic amines is 1. The Morgan fingerprint density at radius 2 is 1.87 bits per heavy atom. The fourth-order valence-electron chi connectivity index (χ4n) is 2.90. The van der Waals surface area contributed by atoms with Crippen molar-refractivity contribution in [3.8, 4) is 0 Å². The van der Waals surface area contributed by atoms with Crippen LogP contribution in [0.1, 0.15) is 5.56 Å². The molecule has 0 bridgehead atoms. The first-order chi connectivity index (χ1) is 14.6. The zero-order valence-electron chi connectivity index (χ0n) is 16.3. The Balaban J connectivity index is 1.40. The maximum Gasteiger partial charge on any atom is 0.311 e. The second-order valence-electron chi connectivity index (χ2n) is 6.65. The van der Waals surface area contributed by atoms with Crippen LogP contribution in [0.15, 0.2) is 65.8 Å². The zero-order chi connectivity index (χ0) is 20.9. The summed E-state index contributed by atoms with van der Waals surface area (Å²) in [5.41, 5.74) is 3.87. The van der Waals surface area contributed by atoms with Crippen LogP contribution in [0.4, 0.5) is 23.0 Å². The molecule has 0 spiro atoms. The number of hydrogen-bond donors (Lipinski definition) is 3. The van der Waals surface area contributed by atoms with Gasteiger partial charge in [-0.2, -0.15) is 0 Å². The molecular formula is C21H20N6O2S. The highest BCUT2D eigenvalue weighted by Gasteiger charge is 2.16. The van der Waals surface area contributed by atoms with E-state index in [2.05, 4.69) is 25.6 Å². The largest absolute Gasteiger partial charge is 0.363 e. The number of thioether (sulfide) groups is 1. The van der Waals surface area contributed by atoms with Crippen molar-refractivity contribution in [3.63, 3.8) is 0 Å². The Morgan fingerprint density at radius 1 is 1.07 bits per heavy atom. The van der Waals surface area contributed by atoms with Gasteiger partial charge in [-0.3, -0.25) is 10.1 Å². The molecule has 4 aromatic rings. The number of imidazole rings is 1. The molecule has 0 atom stereocenters. The first kappa shape index (κ1) is 19.7. The summed E-state index contributed by atoms with van der Waals surface area (Å²) in [5.74, 6) is 1.45. The standard InChI is InChI=1S/C21H20N6O2S/c1-14-6-8-15(9-7-14)23-19-11-10-18(27(28)29)20(26-19)22-12-13-30-21-24-16-4-2-3-5-17(16)25-21/h2-11H,12-13H2,1H3,(H,24,25)(H2,22,23,26). The van der Waals surface area contributed by atoms with Gasteiger partial charge >= 0.3 is 5.69 Å². The maximum absolute atomic E-state index is 11.4. The normalized spacial score (nSPS) is 10.8. The Hall–Kier alpha value is -3.59. The summed E-state index contributed by atoms with van der Waals surface area (Å²) in [6, 6.07) is 18.7. The molecule has 0 aliphatic rings. The van der Waals surface area contributed by atoms with Gasteiger partial charge in [-0.15, -0.1) is 0 Å². The number of anilines is 3. The number of nitrogens with zero attached hydrogens (tertiary/aromatic N) is 3. The Labute approximate surface area is 177 Å². The van der Waals surface area contributed by atoms with Crippen molar-refractivity contribution in [1.82, 2.24) is 15.0 Å². The number of hydrogen-bond acceptors (Lipinski definition) is 7. The summed E-state index contributed by atoms with van der Waals surface area (Å²) < 4.78 is 0. The van der Waals surface area contributed by atoms with E-state index in [1.807, 2.05) is 55.5 Å². The monoisotopic (exact) mass is 420 g/mol. The van der Waals surface area contributed by atoms with Crippen LogP contribution in [0.5, 0.6) is 0 Å². The minimum Gasteiger partial charge on any atom is -0.363 e. The third-order valence-corrected chi connectivity index (χ3v) is 5.27. The summed E-state index contributed by atoms with van der Waals surface area (Å²) in [6.45, 7) is 2.52. The number of pyridine rings is 1. The van der Waals surface area contributed by atoms with E-state index in [9.17, 15) is 10.1 Å². The highest BCUT2D eigenvalue weighted by Crippen LogP contribution is 2.26. The van der Waals surface area contributed by atoms with Gasteiger partial charge in [-0.1, -0.05) is 41.6 Å². The van der Waals surface area contributed by atoms with E-state index in [0.717, 1.165) is 27.4 Å². The molecule has 0 saturated carbocycles. The minimum absolute atomic E-state index is 0.0572. The van der Waals surface area contributed by atoms with Crippen molar-refractivity contribution in [2.24, 2.45) is 0 Å². The minimum atomic E-state index is -0.433. The van der Waals surface area contributed by atoms with Crippen molar-refractivity contribution in [2.45, 2.75) is 12.1 Å². The van der Waals surface area contributed by atoms with Gasteiger partial charge in [0.15, 0.2) is 5.16 Å². The van der Waals surface area contributed by atoms with Gasteiger partial charge < -0.3 is 15.6 Å². The highest BCUT2D eigenvalue weighted by atomic mass is 32.2. The number of benzene rings is 2. The summed E-state index contributed by atoms with van der Waals surface area (Å²) in [5, 5.41) is 18.4. The van der Waals surface area contributed by atoms with Gasteiger partial charge in [-0.25, -0.2) is 9.97 Å². The highest BCUT2D eigenvalue weighted by molar-refractivity contribution is 7.99. The Morgan fingerprint density at radius 3 is 2.63 bits per heavy atom. The van der Waals surface area contributed by atoms with Crippen LogP contribution in [0.25, 0.3) is 11.0 Å². The second kappa shape index (κ2) is 8.83. The van der Waals surface area contributed by atoms with Crippen LogP contribution >= 0.6 is 11.8 Å². The summed E-state index contributed by atoms with van der Waals surface area (Å²) in [4.78, 5) is 23.1. The smallest absolute Gasteiger partial charge is 0.311 e. The number of aryl methyl sites for hydroxylation is 1. The van der Waals surface area contributed by atoms with Crippen molar-refractivity contribution in [1.29, 1.82) is 0 Å². The van der Waals surface area contributed by atoms with Crippen LogP contribution in [-0.4, -0.2) is 32.2 Å². The molecule has 152 valence electrons. The van der Waals surface area contributed by atoms with Crippen LogP contribution in [0.2, 0.25) is 0 Å².